The number of hydrogen-bond donors (Lipinski definition) is 2. The SMILES string of the molecule is C[C@@H]1CN(C(=O)c2ccc(-c3cc(C(F)(F)F)[nH]n3)s2)C[C@H](C)N1. The number of carbonyl (C=O) groups is 1. The Morgan fingerprint density at radius 2 is 1.96 bits per heavy atom. The van der Waals surface area contributed by atoms with Gasteiger partial charge in [0.05, 0.1) is 9.75 Å². The minimum atomic E-state index is -4.46. The van der Waals surface area contributed by atoms with Crippen molar-refractivity contribution < 1.29 is 18.0 Å². The van der Waals surface area contributed by atoms with E-state index >= 15 is 0 Å². The smallest absolute Gasteiger partial charge is 0.335 e. The lowest BCUT2D eigenvalue weighted by Gasteiger charge is -2.35. The second-order valence-corrected chi connectivity index (χ2v) is 7.09. The molecule has 1 aliphatic heterocycles. The number of rotatable bonds is 2. The molecule has 1 amide bonds. The summed E-state index contributed by atoms with van der Waals surface area (Å²) in [6.07, 6.45) is -4.46. The quantitative estimate of drug-likeness (QED) is 0.868. The van der Waals surface area contributed by atoms with Gasteiger partial charge in [-0.05, 0) is 32.0 Å². The molecule has 0 bridgehead atoms. The number of aromatic amines is 1. The second-order valence-electron chi connectivity index (χ2n) is 6.01. The summed E-state index contributed by atoms with van der Waals surface area (Å²) in [7, 11) is 0. The van der Waals surface area contributed by atoms with Crippen molar-refractivity contribution in [2.24, 2.45) is 0 Å². The summed E-state index contributed by atoms with van der Waals surface area (Å²) in [6.45, 7) is 5.24. The van der Waals surface area contributed by atoms with E-state index in [1.165, 1.54) is 0 Å². The molecular weight excluding hydrogens is 341 g/mol. The zero-order valence-corrected chi connectivity index (χ0v) is 14.0. The van der Waals surface area contributed by atoms with E-state index in [1.807, 2.05) is 18.9 Å². The Bertz CT molecular complexity index is 729. The third kappa shape index (κ3) is 3.46. The minimum absolute atomic E-state index is 0.0990. The van der Waals surface area contributed by atoms with E-state index in [2.05, 4.69) is 10.4 Å². The number of piperazine rings is 1. The topological polar surface area (TPSA) is 61.0 Å². The molecule has 24 heavy (non-hydrogen) atoms. The minimum Gasteiger partial charge on any atom is -0.335 e. The maximum atomic E-state index is 12.6. The number of alkyl halides is 3. The molecule has 3 rings (SSSR count). The van der Waals surface area contributed by atoms with Crippen LogP contribution < -0.4 is 5.32 Å². The van der Waals surface area contributed by atoms with Gasteiger partial charge in [0.1, 0.15) is 11.4 Å². The Hall–Kier alpha value is -1.87. The fraction of sp³-hybridized carbons (Fsp3) is 0.467. The third-order valence-corrected chi connectivity index (χ3v) is 4.89. The van der Waals surface area contributed by atoms with Crippen molar-refractivity contribution in [2.45, 2.75) is 32.1 Å². The van der Waals surface area contributed by atoms with Crippen LogP contribution in [0.25, 0.3) is 10.6 Å². The number of aromatic nitrogens is 2. The van der Waals surface area contributed by atoms with E-state index < -0.39 is 11.9 Å². The summed E-state index contributed by atoms with van der Waals surface area (Å²) in [5.74, 6) is -0.0990. The molecule has 0 saturated carbocycles. The molecule has 1 saturated heterocycles. The number of hydrogen-bond acceptors (Lipinski definition) is 4. The zero-order chi connectivity index (χ0) is 17.5. The van der Waals surface area contributed by atoms with Gasteiger partial charge in [-0.2, -0.15) is 18.3 Å². The van der Waals surface area contributed by atoms with Gasteiger partial charge in [-0.1, -0.05) is 0 Å². The third-order valence-electron chi connectivity index (χ3n) is 3.80. The molecule has 2 N–H and O–H groups in total. The van der Waals surface area contributed by atoms with Gasteiger partial charge in [-0.3, -0.25) is 9.89 Å². The Labute approximate surface area is 140 Å². The maximum absolute atomic E-state index is 12.6. The molecule has 0 radical (unpaired) electrons. The van der Waals surface area contributed by atoms with Gasteiger partial charge in [0.2, 0.25) is 0 Å². The molecule has 2 aromatic heterocycles. The molecule has 5 nitrogen and oxygen atoms in total. The first-order valence-electron chi connectivity index (χ1n) is 7.52. The molecule has 1 aliphatic rings. The van der Waals surface area contributed by atoms with E-state index in [1.54, 1.807) is 17.0 Å². The molecule has 0 aromatic carbocycles. The monoisotopic (exact) mass is 358 g/mol. The van der Waals surface area contributed by atoms with E-state index in [0.29, 0.717) is 22.8 Å². The predicted octanol–water partition coefficient (Wildman–Crippen LogP) is 2.98. The summed E-state index contributed by atoms with van der Waals surface area (Å²) in [6, 6.07) is 4.63. The van der Waals surface area contributed by atoms with Crippen molar-refractivity contribution in [3.8, 4) is 10.6 Å². The predicted molar refractivity (Wildman–Crippen MR) is 84.9 cm³/mol. The van der Waals surface area contributed by atoms with Crippen molar-refractivity contribution in [1.29, 1.82) is 0 Å². The lowest BCUT2D eigenvalue weighted by atomic mass is 10.1. The van der Waals surface area contributed by atoms with Gasteiger partial charge in [0.25, 0.3) is 5.91 Å². The summed E-state index contributed by atoms with van der Waals surface area (Å²) in [5, 5.41) is 9.03. The highest BCUT2D eigenvalue weighted by atomic mass is 32.1. The maximum Gasteiger partial charge on any atom is 0.432 e. The molecule has 1 fully saturated rings. The lowest BCUT2D eigenvalue weighted by Crippen LogP contribution is -2.55. The second kappa shape index (κ2) is 6.21. The van der Waals surface area contributed by atoms with Crippen molar-refractivity contribution in [3.63, 3.8) is 0 Å². The van der Waals surface area contributed by atoms with E-state index in [0.717, 1.165) is 17.4 Å². The van der Waals surface area contributed by atoms with Crippen LogP contribution in [0.15, 0.2) is 18.2 Å². The molecule has 2 atom stereocenters. The molecule has 0 aliphatic carbocycles. The number of H-pyrrole nitrogens is 1. The van der Waals surface area contributed by atoms with Crippen molar-refractivity contribution >= 4 is 17.2 Å². The van der Waals surface area contributed by atoms with Gasteiger partial charge in [-0.25, -0.2) is 0 Å². The van der Waals surface area contributed by atoms with E-state index in [9.17, 15) is 18.0 Å². The summed E-state index contributed by atoms with van der Waals surface area (Å²) < 4.78 is 37.9. The van der Waals surface area contributed by atoms with Crippen LogP contribution in [0.5, 0.6) is 0 Å². The van der Waals surface area contributed by atoms with Crippen LogP contribution in [0.4, 0.5) is 13.2 Å². The van der Waals surface area contributed by atoms with Gasteiger partial charge in [0, 0.05) is 25.2 Å². The Morgan fingerprint density at radius 1 is 1.29 bits per heavy atom. The number of amides is 1. The first-order valence-corrected chi connectivity index (χ1v) is 8.34. The van der Waals surface area contributed by atoms with Crippen molar-refractivity contribution in [2.75, 3.05) is 13.1 Å². The van der Waals surface area contributed by atoms with Crippen molar-refractivity contribution in [1.82, 2.24) is 20.4 Å². The van der Waals surface area contributed by atoms with E-state index in [4.69, 9.17) is 0 Å². The van der Waals surface area contributed by atoms with Crippen LogP contribution >= 0.6 is 11.3 Å². The van der Waals surface area contributed by atoms with Gasteiger partial charge < -0.3 is 10.2 Å². The van der Waals surface area contributed by atoms with Crippen LogP contribution in [0.2, 0.25) is 0 Å². The van der Waals surface area contributed by atoms with Gasteiger partial charge >= 0.3 is 6.18 Å². The average molecular weight is 358 g/mol. The number of nitrogens with zero attached hydrogens (tertiary/aromatic N) is 2. The van der Waals surface area contributed by atoms with Crippen LogP contribution in [-0.4, -0.2) is 46.2 Å². The number of halogens is 3. The van der Waals surface area contributed by atoms with Gasteiger partial charge in [0.15, 0.2) is 0 Å². The average Bonchev–Trinajstić information content (AvgIpc) is 3.13. The molecule has 9 heteroatoms. The lowest BCUT2D eigenvalue weighted by molar-refractivity contribution is -0.141. The summed E-state index contributed by atoms with van der Waals surface area (Å²) >= 11 is 1.15. The number of carbonyl (C=O) groups excluding carboxylic acids is 1. The summed E-state index contributed by atoms with van der Waals surface area (Å²) in [5.41, 5.74) is -0.711. The largest absolute Gasteiger partial charge is 0.432 e. The highest BCUT2D eigenvalue weighted by Gasteiger charge is 2.33. The highest BCUT2D eigenvalue weighted by Crippen LogP contribution is 2.33. The number of nitrogens with one attached hydrogen (secondary N) is 2. The van der Waals surface area contributed by atoms with Crippen LogP contribution in [0.3, 0.4) is 0 Å². The molecule has 2 aromatic rings. The van der Waals surface area contributed by atoms with Crippen LogP contribution in [0, 0.1) is 0 Å². The van der Waals surface area contributed by atoms with Gasteiger partial charge in [-0.15, -0.1) is 11.3 Å². The Morgan fingerprint density at radius 3 is 2.54 bits per heavy atom. The van der Waals surface area contributed by atoms with Crippen molar-refractivity contribution in [3.05, 3.63) is 28.8 Å². The van der Waals surface area contributed by atoms with E-state index in [-0.39, 0.29) is 23.7 Å². The Kier molecular flexibility index (Phi) is 4.39. The first kappa shape index (κ1) is 17.0. The zero-order valence-electron chi connectivity index (χ0n) is 13.1. The highest BCUT2D eigenvalue weighted by molar-refractivity contribution is 7.17. The van der Waals surface area contributed by atoms with Crippen LogP contribution in [-0.2, 0) is 6.18 Å². The number of thiophene rings is 1. The molecule has 0 unspecified atom stereocenters. The molecule has 3 heterocycles. The first-order chi connectivity index (χ1) is 11.2. The normalized spacial score (nSPS) is 22.0. The standard InChI is InChI=1S/C15H17F3N4OS/c1-8-6-22(7-9(2)19-8)14(23)12-4-3-11(24-12)10-5-13(21-20-10)15(16,17)18/h3-5,8-9,19H,6-7H2,1-2H3,(H,20,21)/t8-,9+. The molecule has 130 valence electrons. The summed E-state index contributed by atoms with van der Waals surface area (Å²) in [4.78, 5) is 15.4. The molecular formula is C15H17F3N4OS. The molecule has 0 spiro atoms. The Balaban J connectivity index is 1.78. The van der Waals surface area contributed by atoms with Crippen LogP contribution in [0.1, 0.15) is 29.2 Å². The fourth-order valence-corrected chi connectivity index (χ4v) is 3.77. The fourth-order valence-electron chi connectivity index (χ4n) is 2.83.